The van der Waals surface area contributed by atoms with E-state index in [1.807, 2.05) is 13.0 Å². The number of halogens is 1. The van der Waals surface area contributed by atoms with Crippen molar-refractivity contribution in [3.8, 4) is 0 Å². The SMILES string of the molecule is CC(NCc1ccc(Br)s1)c1ccc([N+](=O)[O-])cc1. The Balaban J connectivity index is 1.95. The van der Waals surface area contributed by atoms with Gasteiger partial charge in [0.2, 0.25) is 0 Å². The van der Waals surface area contributed by atoms with E-state index in [1.54, 1.807) is 23.5 Å². The molecule has 6 heteroatoms. The van der Waals surface area contributed by atoms with Gasteiger partial charge < -0.3 is 5.32 Å². The van der Waals surface area contributed by atoms with E-state index >= 15 is 0 Å². The summed E-state index contributed by atoms with van der Waals surface area (Å²) in [4.78, 5) is 11.4. The average Bonchev–Trinajstić information content (AvgIpc) is 2.82. The summed E-state index contributed by atoms with van der Waals surface area (Å²) in [5.74, 6) is 0. The maximum absolute atomic E-state index is 10.6. The zero-order chi connectivity index (χ0) is 13.8. The van der Waals surface area contributed by atoms with Crippen LogP contribution in [0.25, 0.3) is 0 Å². The minimum atomic E-state index is -0.384. The molecule has 0 spiro atoms. The largest absolute Gasteiger partial charge is 0.305 e. The average molecular weight is 341 g/mol. The third-order valence-corrected chi connectivity index (χ3v) is 4.44. The first kappa shape index (κ1) is 14.2. The van der Waals surface area contributed by atoms with Gasteiger partial charge in [0.05, 0.1) is 8.71 Å². The molecular formula is C13H13BrN2O2S. The van der Waals surface area contributed by atoms with Gasteiger partial charge in [-0.15, -0.1) is 11.3 Å². The Morgan fingerprint density at radius 2 is 2.00 bits per heavy atom. The lowest BCUT2D eigenvalue weighted by Gasteiger charge is -2.13. The molecule has 1 N–H and O–H groups in total. The smallest absolute Gasteiger partial charge is 0.269 e. The molecule has 2 rings (SSSR count). The van der Waals surface area contributed by atoms with Gasteiger partial charge in [-0.3, -0.25) is 10.1 Å². The molecule has 0 fully saturated rings. The van der Waals surface area contributed by atoms with Gasteiger partial charge in [-0.05, 0) is 40.5 Å². The summed E-state index contributed by atoms with van der Waals surface area (Å²) >= 11 is 5.13. The molecule has 1 heterocycles. The highest BCUT2D eigenvalue weighted by molar-refractivity contribution is 9.11. The van der Waals surface area contributed by atoms with Crippen molar-refractivity contribution in [2.45, 2.75) is 19.5 Å². The molecule has 0 amide bonds. The molecule has 0 saturated heterocycles. The lowest BCUT2D eigenvalue weighted by Crippen LogP contribution is -2.17. The maximum Gasteiger partial charge on any atom is 0.269 e. The lowest BCUT2D eigenvalue weighted by molar-refractivity contribution is -0.384. The van der Waals surface area contributed by atoms with E-state index in [0.717, 1.165) is 15.9 Å². The number of benzene rings is 1. The van der Waals surface area contributed by atoms with E-state index in [2.05, 4.69) is 27.3 Å². The van der Waals surface area contributed by atoms with Crippen molar-refractivity contribution < 1.29 is 4.92 Å². The van der Waals surface area contributed by atoms with Crippen molar-refractivity contribution in [2.75, 3.05) is 0 Å². The molecule has 2 aromatic rings. The summed E-state index contributed by atoms with van der Waals surface area (Å²) in [6.45, 7) is 2.83. The monoisotopic (exact) mass is 340 g/mol. The number of thiophene rings is 1. The minimum Gasteiger partial charge on any atom is -0.305 e. The Morgan fingerprint density at radius 3 is 2.53 bits per heavy atom. The summed E-state index contributed by atoms with van der Waals surface area (Å²) in [5, 5.41) is 14.0. The first-order valence-electron chi connectivity index (χ1n) is 5.78. The van der Waals surface area contributed by atoms with Gasteiger partial charge in [0, 0.05) is 29.6 Å². The van der Waals surface area contributed by atoms with Crippen molar-refractivity contribution in [3.05, 3.63) is 60.7 Å². The van der Waals surface area contributed by atoms with Gasteiger partial charge in [0.1, 0.15) is 0 Å². The zero-order valence-electron chi connectivity index (χ0n) is 10.3. The van der Waals surface area contributed by atoms with Gasteiger partial charge in [-0.2, -0.15) is 0 Å². The van der Waals surface area contributed by atoms with Crippen molar-refractivity contribution in [3.63, 3.8) is 0 Å². The van der Waals surface area contributed by atoms with Gasteiger partial charge in [0.15, 0.2) is 0 Å². The predicted molar refractivity (Wildman–Crippen MR) is 80.4 cm³/mol. The Hall–Kier alpha value is -1.24. The zero-order valence-corrected chi connectivity index (χ0v) is 12.7. The van der Waals surface area contributed by atoms with E-state index in [-0.39, 0.29) is 16.7 Å². The fourth-order valence-electron chi connectivity index (χ4n) is 1.70. The number of hydrogen-bond acceptors (Lipinski definition) is 4. The highest BCUT2D eigenvalue weighted by Crippen LogP contribution is 2.23. The molecule has 1 aromatic carbocycles. The van der Waals surface area contributed by atoms with Crippen LogP contribution in [0, 0.1) is 10.1 Å². The fraction of sp³-hybridized carbons (Fsp3) is 0.231. The molecule has 0 saturated carbocycles. The van der Waals surface area contributed by atoms with Crippen LogP contribution in [0.3, 0.4) is 0 Å². The number of nitrogens with zero attached hydrogens (tertiary/aromatic N) is 1. The van der Waals surface area contributed by atoms with Crippen LogP contribution in [0.15, 0.2) is 40.2 Å². The van der Waals surface area contributed by atoms with Crippen LogP contribution in [0.5, 0.6) is 0 Å². The molecule has 1 atom stereocenters. The second-order valence-electron chi connectivity index (χ2n) is 4.16. The van der Waals surface area contributed by atoms with Crippen LogP contribution < -0.4 is 5.32 Å². The van der Waals surface area contributed by atoms with Gasteiger partial charge in [-0.25, -0.2) is 0 Å². The topological polar surface area (TPSA) is 55.2 Å². The molecule has 0 bridgehead atoms. The molecule has 0 aliphatic rings. The Kier molecular flexibility index (Phi) is 4.68. The molecule has 4 nitrogen and oxygen atoms in total. The second kappa shape index (κ2) is 6.27. The molecule has 19 heavy (non-hydrogen) atoms. The third kappa shape index (κ3) is 3.86. The van der Waals surface area contributed by atoms with Crippen LogP contribution >= 0.6 is 27.3 Å². The highest BCUT2D eigenvalue weighted by Gasteiger charge is 2.09. The molecule has 1 aromatic heterocycles. The first-order chi connectivity index (χ1) is 9.06. The molecule has 100 valence electrons. The summed E-state index contributed by atoms with van der Waals surface area (Å²) in [7, 11) is 0. The lowest BCUT2D eigenvalue weighted by atomic mass is 10.1. The van der Waals surface area contributed by atoms with Crippen LogP contribution in [0.4, 0.5) is 5.69 Å². The standard InChI is InChI=1S/C13H13BrN2O2S/c1-9(15-8-12-6-7-13(14)19-12)10-2-4-11(5-3-10)16(17)18/h2-7,9,15H,8H2,1H3. The first-order valence-corrected chi connectivity index (χ1v) is 7.39. The van der Waals surface area contributed by atoms with E-state index in [9.17, 15) is 10.1 Å². The fourth-order valence-corrected chi connectivity index (χ4v) is 3.14. The predicted octanol–water partition coefficient (Wildman–Crippen LogP) is 4.27. The van der Waals surface area contributed by atoms with Crippen LogP contribution in [0.1, 0.15) is 23.4 Å². The summed E-state index contributed by atoms with van der Waals surface area (Å²) in [6, 6.07) is 10.9. The Bertz CT molecular complexity index is 568. The Labute approximate surface area is 123 Å². The van der Waals surface area contributed by atoms with Crippen LogP contribution in [-0.4, -0.2) is 4.92 Å². The number of hydrogen-bond donors (Lipinski definition) is 1. The second-order valence-corrected chi connectivity index (χ2v) is 6.70. The van der Waals surface area contributed by atoms with Crippen LogP contribution in [-0.2, 0) is 6.54 Å². The number of nitro benzene ring substituents is 1. The van der Waals surface area contributed by atoms with E-state index in [0.29, 0.717) is 0 Å². The quantitative estimate of drug-likeness (QED) is 0.653. The van der Waals surface area contributed by atoms with Gasteiger partial charge in [-0.1, -0.05) is 12.1 Å². The third-order valence-electron chi connectivity index (χ3n) is 2.82. The van der Waals surface area contributed by atoms with Crippen molar-refractivity contribution in [2.24, 2.45) is 0 Å². The molecule has 0 radical (unpaired) electrons. The van der Waals surface area contributed by atoms with Crippen molar-refractivity contribution >= 4 is 33.0 Å². The molecule has 1 unspecified atom stereocenters. The summed E-state index contributed by atoms with van der Waals surface area (Å²) in [5.41, 5.74) is 1.17. The number of nitro groups is 1. The normalized spacial score (nSPS) is 12.3. The van der Waals surface area contributed by atoms with Gasteiger partial charge in [0.25, 0.3) is 5.69 Å². The van der Waals surface area contributed by atoms with Crippen LogP contribution in [0.2, 0.25) is 0 Å². The number of non-ortho nitro benzene ring substituents is 1. The summed E-state index contributed by atoms with van der Waals surface area (Å²) in [6.07, 6.45) is 0. The van der Waals surface area contributed by atoms with E-state index < -0.39 is 0 Å². The Morgan fingerprint density at radius 1 is 1.32 bits per heavy atom. The van der Waals surface area contributed by atoms with Crippen molar-refractivity contribution in [1.29, 1.82) is 0 Å². The van der Waals surface area contributed by atoms with Gasteiger partial charge >= 0.3 is 0 Å². The number of nitrogens with one attached hydrogen (secondary N) is 1. The maximum atomic E-state index is 10.6. The van der Waals surface area contributed by atoms with Crippen molar-refractivity contribution in [1.82, 2.24) is 5.32 Å². The minimum absolute atomic E-state index is 0.123. The highest BCUT2D eigenvalue weighted by atomic mass is 79.9. The molecule has 0 aliphatic heterocycles. The van der Waals surface area contributed by atoms with E-state index in [1.165, 1.54) is 17.0 Å². The summed E-state index contributed by atoms with van der Waals surface area (Å²) < 4.78 is 1.12. The molecule has 0 aliphatic carbocycles. The molecular weight excluding hydrogens is 328 g/mol. The number of rotatable bonds is 5. The van der Waals surface area contributed by atoms with E-state index in [4.69, 9.17) is 0 Å².